The molecular formula is C14H17N3O2S2. The molecule has 1 aromatic rings. The summed E-state index contributed by atoms with van der Waals surface area (Å²) in [7, 11) is -1.48. The van der Waals surface area contributed by atoms with Crippen molar-refractivity contribution in [3.8, 4) is 0 Å². The average molecular weight is 323 g/mol. The fourth-order valence-corrected chi connectivity index (χ4v) is 3.38. The van der Waals surface area contributed by atoms with Crippen LogP contribution in [0.15, 0.2) is 46.3 Å². The van der Waals surface area contributed by atoms with Crippen LogP contribution in [0.5, 0.6) is 0 Å². The summed E-state index contributed by atoms with van der Waals surface area (Å²) in [6.45, 7) is 4.30. The lowest BCUT2D eigenvalue weighted by Crippen LogP contribution is -2.23. The fraction of sp³-hybridized carbons (Fsp3) is 0.286. The van der Waals surface area contributed by atoms with Gasteiger partial charge in [0, 0.05) is 18.7 Å². The lowest BCUT2D eigenvalue weighted by molar-refractivity contribution is -0.117. The molecule has 1 fully saturated rings. The maximum Gasteiger partial charge on any atom is 0.227 e. The lowest BCUT2D eigenvalue weighted by Gasteiger charge is -2.15. The Kier molecular flexibility index (Phi) is 5.58. The molecule has 0 saturated carbocycles. The van der Waals surface area contributed by atoms with Gasteiger partial charge in [-0.05, 0) is 43.1 Å². The van der Waals surface area contributed by atoms with E-state index in [4.69, 9.17) is 0 Å². The van der Waals surface area contributed by atoms with Crippen LogP contribution in [0.3, 0.4) is 0 Å². The number of benzene rings is 1. The SMILES string of the molecule is C=CN/C(=N/S(=O)c1ccc(N2CCCC2=O)cc1)SC. The van der Waals surface area contributed by atoms with Crippen LogP contribution in [0.25, 0.3) is 0 Å². The molecule has 0 aromatic heterocycles. The predicted molar refractivity (Wildman–Crippen MR) is 88.7 cm³/mol. The molecule has 0 aliphatic carbocycles. The first kappa shape index (κ1) is 15.8. The molecule has 112 valence electrons. The molecule has 1 N–H and O–H groups in total. The van der Waals surface area contributed by atoms with Gasteiger partial charge in [0.15, 0.2) is 16.2 Å². The van der Waals surface area contributed by atoms with Crippen LogP contribution < -0.4 is 10.2 Å². The van der Waals surface area contributed by atoms with E-state index in [1.165, 1.54) is 18.0 Å². The monoisotopic (exact) mass is 323 g/mol. The number of anilines is 1. The van der Waals surface area contributed by atoms with Crippen LogP contribution in [0.2, 0.25) is 0 Å². The van der Waals surface area contributed by atoms with Crippen molar-refractivity contribution in [3.05, 3.63) is 37.0 Å². The number of nitrogens with zero attached hydrogens (tertiary/aromatic N) is 2. The predicted octanol–water partition coefficient (Wildman–Crippen LogP) is 2.29. The number of amidine groups is 1. The van der Waals surface area contributed by atoms with E-state index in [1.54, 1.807) is 17.0 Å². The second-order valence-corrected chi connectivity index (χ2v) is 6.29. The zero-order valence-electron chi connectivity index (χ0n) is 11.7. The summed E-state index contributed by atoms with van der Waals surface area (Å²) >= 11 is 1.36. The third kappa shape index (κ3) is 3.95. The third-order valence-electron chi connectivity index (χ3n) is 3.01. The highest BCUT2D eigenvalue weighted by Crippen LogP contribution is 2.22. The van der Waals surface area contributed by atoms with Gasteiger partial charge in [0.25, 0.3) is 0 Å². The average Bonchev–Trinajstić information content (AvgIpc) is 2.93. The van der Waals surface area contributed by atoms with E-state index in [2.05, 4.69) is 16.3 Å². The molecule has 21 heavy (non-hydrogen) atoms. The third-order valence-corrected chi connectivity index (χ3v) is 4.74. The largest absolute Gasteiger partial charge is 0.341 e. The molecule has 1 aromatic carbocycles. The number of carbonyl (C=O) groups excluding carboxylic acids is 1. The number of carbonyl (C=O) groups is 1. The van der Waals surface area contributed by atoms with Crippen LogP contribution in [0.4, 0.5) is 5.69 Å². The van der Waals surface area contributed by atoms with Gasteiger partial charge in [-0.15, -0.1) is 0 Å². The maximum atomic E-state index is 12.1. The number of thioether (sulfide) groups is 1. The normalized spacial score (nSPS) is 16.9. The van der Waals surface area contributed by atoms with E-state index in [1.807, 2.05) is 18.4 Å². The van der Waals surface area contributed by atoms with Crippen LogP contribution in [0, 0.1) is 0 Å². The molecule has 1 aliphatic heterocycles. The minimum atomic E-state index is -1.48. The number of hydrogen-bond acceptors (Lipinski definition) is 3. The van der Waals surface area contributed by atoms with Crippen LogP contribution in [-0.2, 0) is 15.8 Å². The van der Waals surface area contributed by atoms with Crippen molar-refractivity contribution in [1.82, 2.24) is 5.32 Å². The Bertz CT molecular complexity index is 584. The summed E-state index contributed by atoms with van der Waals surface area (Å²) in [5.41, 5.74) is 0.844. The van der Waals surface area contributed by atoms with Gasteiger partial charge in [-0.25, -0.2) is 4.21 Å². The summed E-state index contributed by atoms with van der Waals surface area (Å²) in [5.74, 6) is 0.141. The topological polar surface area (TPSA) is 61.8 Å². The highest BCUT2D eigenvalue weighted by Gasteiger charge is 2.21. The molecule has 0 spiro atoms. The Morgan fingerprint density at radius 1 is 1.48 bits per heavy atom. The fourth-order valence-electron chi connectivity index (χ4n) is 2.00. The summed E-state index contributed by atoms with van der Waals surface area (Å²) < 4.78 is 16.2. The molecule has 1 saturated heterocycles. The van der Waals surface area contributed by atoms with Gasteiger partial charge in [-0.1, -0.05) is 18.3 Å². The molecule has 2 rings (SSSR count). The molecule has 1 unspecified atom stereocenters. The quantitative estimate of drug-likeness (QED) is 0.682. The Hall–Kier alpha value is -1.60. The molecule has 1 heterocycles. The van der Waals surface area contributed by atoms with E-state index >= 15 is 0 Å². The molecule has 1 aliphatic rings. The summed E-state index contributed by atoms with van der Waals surface area (Å²) in [4.78, 5) is 14.0. The Balaban J connectivity index is 2.13. The van der Waals surface area contributed by atoms with Crippen LogP contribution in [0.1, 0.15) is 12.8 Å². The highest BCUT2D eigenvalue weighted by molar-refractivity contribution is 8.13. The van der Waals surface area contributed by atoms with Gasteiger partial charge in [0.1, 0.15) is 0 Å². The molecule has 1 amide bonds. The van der Waals surface area contributed by atoms with E-state index < -0.39 is 11.0 Å². The van der Waals surface area contributed by atoms with Crippen molar-refractivity contribution in [3.63, 3.8) is 0 Å². The second-order valence-electron chi connectivity index (χ2n) is 4.34. The lowest BCUT2D eigenvalue weighted by atomic mass is 10.3. The van der Waals surface area contributed by atoms with Gasteiger partial charge < -0.3 is 10.2 Å². The van der Waals surface area contributed by atoms with Crippen molar-refractivity contribution in [1.29, 1.82) is 0 Å². The molecule has 1 atom stereocenters. The first-order valence-corrected chi connectivity index (χ1v) is 8.81. The van der Waals surface area contributed by atoms with Crippen LogP contribution in [-0.4, -0.2) is 28.1 Å². The van der Waals surface area contributed by atoms with Crippen molar-refractivity contribution >= 4 is 39.5 Å². The van der Waals surface area contributed by atoms with Gasteiger partial charge in [-0.3, -0.25) is 4.79 Å². The van der Waals surface area contributed by atoms with Crippen molar-refractivity contribution < 1.29 is 9.00 Å². The minimum Gasteiger partial charge on any atom is -0.341 e. The Morgan fingerprint density at radius 3 is 2.71 bits per heavy atom. The van der Waals surface area contributed by atoms with E-state index in [-0.39, 0.29) is 5.91 Å². The molecule has 0 bridgehead atoms. The Labute approximate surface area is 131 Å². The van der Waals surface area contributed by atoms with E-state index in [9.17, 15) is 9.00 Å². The Morgan fingerprint density at radius 2 is 2.19 bits per heavy atom. The summed E-state index contributed by atoms with van der Waals surface area (Å²) in [6, 6.07) is 7.11. The van der Waals surface area contributed by atoms with Gasteiger partial charge in [0.05, 0.1) is 4.90 Å². The zero-order chi connectivity index (χ0) is 15.2. The standard InChI is InChI=1S/C14H17N3O2S2/c1-3-15-14(20-2)16-21(19)12-8-6-11(7-9-12)17-10-4-5-13(17)18/h3,6-9H,1,4-5,10H2,2H3,(H,15,16). The number of nitrogens with one attached hydrogen (secondary N) is 1. The zero-order valence-corrected chi connectivity index (χ0v) is 13.4. The van der Waals surface area contributed by atoms with Crippen molar-refractivity contribution in [2.45, 2.75) is 17.7 Å². The highest BCUT2D eigenvalue weighted by atomic mass is 32.2. The number of hydrogen-bond donors (Lipinski definition) is 1. The number of rotatable bonds is 4. The maximum absolute atomic E-state index is 12.1. The first-order valence-electron chi connectivity index (χ1n) is 6.48. The van der Waals surface area contributed by atoms with Gasteiger partial charge in [-0.2, -0.15) is 4.40 Å². The second kappa shape index (κ2) is 7.42. The van der Waals surface area contributed by atoms with Gasteiger partial charge >= 0.3 is 0 Å². The number of amides is 1. The van der Waals surface area contributed by atoms with Crippen LogP contribution >= 0.6 is 11.8 Å². The van der Waals surface area contributed by atoms with E-state index in [0.717, 1.165) is 18.7 Å². The van der Waals surface area contributed by atoms with E-state index in [0.29, 0.717) is 16.5 Å². The molecule has 5 nitrogen and oxygen atoms in total. The molecular weight excluding hydrogens is 306 g/mol. The minimum absolute atomic E-state index is 0.141. The smallest absolute Gasteiger partial charge is 0.227 e. The summed E-state index contributed by atoms with van der Waals surface area (Å²) in [6.07, 6.45) is 4.83. The van der Waals surface area contributed by atoms with Gasteiger partial charge in [0.2, 0.25) is 5.91 Å². The summed E-state index contributed by atoms with van der Waals surface area (Å²) in [5, 5.41) is 3.37. The molecule has 7 heteroatoms. The van der Waals surface area contributed by atoms with Crippen molar-refractivity contribution in [2.75, 3.05) is 17.7 Å². The first-order chi connectivity index (χ1) is 10.2. The van der Waals surface area contributed by atoms with Crippen molar-refractivity contribution in [2.24, 2.45) is 4.40 Å². The molecule has 0 radical (unpaired) electrons.